The van der Waals surface area contributed by atoms with Gasteiger partial charge in [-0.2, -0.15) is 0 Å². The molecule has 0 bridgehead atoms. The molecule has 19 heavy (non-hydrogen) atoms. The largest absolute Gasteiger partial charge is 0.346 e. The maximum atomic E-state index is 12.3. The van der Waals surface area contributed by atoms with Crippen molar-refractivity contribution < 1.29 is 4.79 Å². The monoisotopic (exact) mass is 270 g/mol. The van der Waals surface area contributed by atoms with Crippen LogP contribution in [0.25, 0.3) is 0 Å². The highest BCUT2D eigenvalue weighted by molar-refractivity contribution is 5.78. The van der Waals surface area contributed by atoms with Gasteiger partial charge in [0.25, 0.3) is 0 Å². The minimum absolute atomic E-state index is 0.222. The molecule has 0 aliphatic rings. The van der Waals surface area contributed by atoms with Crippen molar-refractivity contribution in [2.75, 3.05) is 34.2 Å². The first-order valence-corrected chi connectivity index (χ1v) is 7.78. The maximum Gasteiger partial charge on any atom is 0.225 e. The van der Waals surface area contributed by atoms with Crippen LogP contribution in [0.5, 0.6) is 0 Å². The Hall–Kier alpha value is -0.570. The molecule has 0 saturated heterocycles. The highest BCUT2D eigenvalue weighted by Crippen LogP contribution is 2.16. The van der Waals surface area contributed by atoms with Gasteiger partial charge in [-0.05, 0) is 52.2 Å². The van der Waals surface area contributed by atoms with Crippen LogP contribution >= 0.6 is 0 Å². The van der Waals surface area contributed by atoms with Gasteiger partial charge in [0.05, 0.1) is 0 Å². The smallest absolute Gasteiger partial charge is 0.225 e. The lowest BCUT2D eigenvalue weighted by atomic mass is 9.97. The first kappa shape index (κ1) is 18.4. The van der Waals surface area contributed by atoms with E-state index in [0.717, 1.165) is 38.8 Å². The third-order valence-corrected chi connectivity index (χ3v) is 3.67. The van der Waals surface area contributed by atoms with Gasteiger partial charge >= 0.3 is 0 Å². The van der Waals surface area contributed by atoms with Crippen LogP contribution < -0.4 is 0 Å². The fourth-order valence-electron chi connectivity index (χ4n) is 2.19. The van der Waals surface area contributed by atoms with Crippen LogP contribution in [0.3, 0.4) is 0 Å². The predicted molar refractivity (Wildman–Crippen MR) is 83.3 cm³/mol. The molecule has 0 heterocycles. The van der Waals surface area contributed by atoms with Crippen LogP contribution in [0.2, 0.25) is 0 Å². The topological polar surface area (TPSA) is 23.6 Å². The van der Waals surface area contributed by atoms with E-state index < -0.39 is 0 Å². The second-order valence-corrected chi connectivity index (χ2v) is 6.35. The molecular formula is C16H34N2O. The summed E-state index contributed by atoms with van der Waals surface area (Å²) in [6.45, 7) is 8.55. The Kier molecular flexibility index (Phi) is 9.94. The van der Waals surface area contributed by atoms with Crippen molar-refractivity contribution in [1.29, 1.82) is 0 Å². The van der Waals surface area contributed by atoms with E-state index >= 15 is 0 Å². The van der Waals surface area contributed by atoms with Gasteiger partial charge in [0, 0.05) is 19.5 Å². The van der Waals surface area contributed by atoms with Crippen molar-refractivity contribution in [1.82, 2.24) is 9.80 Å². The minimum atomic E-state index is 0.222. The summed E-state index contributed by atoms with van der Waals surface area (Å²) in [6, 6.07) is 0. The van der Waals surface area contributed by atoms with Gasteiger partial charge < -0.3 is 9.80 Å². The average molecular weight is 270 g/mol. The molecule has 3 heteroatoms. The van der Waals surface area contributed by atoms with Crippen molar-refractivity contribution in [2.24, 2.45) is 11.8 Å². The van der Waals surface area contributed by atoms with E-state index in [1.165, 1.54) is 6.42 Å². The maximum absolute atomic E-state index is 12.3. The second kappa shape index (κ2) is 10.2. The van der Waals surface area contributed by atoms with Crippen molar-refractivity contribution in [3.8, 4) is 0 Å². The third kappa shape index (κ3) is 9.04. The zero-order valence-electron chi connectivity index (χ0n) is 13.9. The molecule has 0 radical (unpaired) electrons. The number of carbonyl (C=O) groups excluding carboxylic acids is 1. The Morgan fingerprint density at radius 2 is 1.63 bits per heavy atom. The molecule has 0 aromatic rings. The van der Waals surface area contributed by atoms with Crippen LogP contribution in [0.15, 0.2) is 0 Å². The highest BCUT2D eigenvalue weighted by Gasteiger charge is 2.19. The molecule has 3 nitrogen and oxygen atoms in total. The summed E-state index contributed by atoms with van der Waals surface area (Å²) < 4.78 is 0. The van der Waals surface area contributed by atoms with Crippen LogP contribution in [-0.2, 0) is 4.79 Å². The van der Waals surface area contributed by atoms with Crippen LogP contribution in [-0.4, -0.2) is 49.9 Å². The van der Waals surface area contributed by atoms with Gasteiger partial charge in [0.15, 0.2) is 0 Å². The van der Waals surface area contributed by atoms with Crippen LogP contribution in [0.1, 0.15) is 52.9 Å². The zero-order valence-corrected chi connectivity index (χ0v) is 13.9. The van der Waals surface area contributed by atoms with Gasteiger partial charge in [-0.25, -0.2) is 0 Å². The van der Waals surface area contributed by atoms with Crippen molar-refractivity contribution in [3.05, 3.63) is 0 Å². The number of amides is 1. The normalized spacial score (nSPS) is 13.1. The molecule has 1 unspecified atom stereocenters. The minimum Gasteiger partial charge on any atom is -0.346 e. The summed E-state index contributed by atoms with van der Waals surface area (Å²) in [5, 5.41) is 0. The standard InChI is InChI=1S/C16H34N2O/c1-7-15(10-8-9-12-17(4)5)16(19)18(6)13-11-14(2)3/h14-15H,7-13H2,1-6H3. The van der Waals surface area contributed by atoms with E-state index in [4.69, 9.17) is 0 Å². The van der Waals surface area contributed by atoms with Gasteiger partial charge in [-0.15, -0.1) is 0 Å². The number of rotatable bonds is 10. The molecular weight excluding hydrogens is 236 g/mol. The van der Waals surface area contributed by atoms with E-state index in [1.807, 2.05) is 11.9 Å². The Labute approximate surface area is 120 Å². The molecule has 0 aromatic carbocycles. The fraction of sp³-hybridized carbons (Fsp3) is 0.938. The van der Waals surface area contributed by atoms with E-state index in [9.17, 15) is 4.79 Å². The van der Waals surface area contributed by atoms with Crippen molar-refractivity contribution in [2.45, 2.75) is 52.9 Å². The summed E-state index contributed by atoms with van der Waals surface area (Å²) in [6.07, 6.45) is 5.44. The fourth-order valence-corrected chi connectivity index (χ4v) is 2.19. The molecule has 0 aromatic heterocycles. The number of nitrogens with zero attached hydrogens (tertiary/aromatic N) is 2. The summed E-state index contributed by atoms with van der Waals surface area (Å²) >= 11 is 0. The van der Waals surface area contributed by atoms with Gasteiger partial charge in [-0.3, -0.25) is 4.79 Å². The molecule has 0 aliphatic carbocycles. The molecule has 0 N–H and O–H groups in total. The lowest BCUT2D eigenvalue weighted by Gasteiger charge is -2.24. The second-order valence-electron chi connectivity index (χ2n) is 6.35. The molecule has 1 atom stereocenters. The molecule has 0 spiro atoms. The van der Waals surface area contributed by atoms with Crippen molar-refractivity contribution >= 4 is 5.91 Å². The van der Waals surface area contributed by atoms with Crippen LogP contribution in [0, 0.1) is 11.8 Å². The number of hydrogen-bond donors (Lipinski definition) is 0. The van der Waals surface area contributed by atoms with Crippen molar-refractivity contribution in [3.63, 3.8) is 0 Å². The van der Waals surface area contributed by atoms with Crippen LogP contribution in [0.4, 0.5) is 0 Å². The lowest BCUT2D eigenvalue weighted by molar-refractivity contribution is -0.134. The summed E-state index contributed by atoms with van der Waals surface area (Å²) in [5.41, 5.74) is 0. The number of hydrogen-bond acceptors (Lipinski definition) is 2. The summed E-state index contributed by atoms with van der Waals surface area (Å²) in [7, 11) is 6.15. The Morgan fingerprint density at radius 1 is 1.00 bits per heavy atom. The number of carbonyl (C=O) groups is 1. The Bertz CT molecular complexity index is 239. The summed E-state index contributed by atoms with van der Waals surface area (Å²) in [4.78, 5) is 16.5. The zero-order chi connectivity index (χ0) is 14.8. The van der Waals surface area contributed by atoms with E-state index in [1.54, 1.807) is 0 Å². The van der Waals surface area contributed by atoms with E-state index in [2.05, 4.69) is 39.8 Å². The Balaban J connectivity index is 4.01. The molecule has 1 amide bonds. The van der Waals surface area contributed by atoms with Gasteiger partial charge in [-0.1, -0.05) is 27.2 Å². The highest BCUT2D eigenvalue weighted by atomic mass is 16.2. The predicted octanol–water partition coefficient (Wildman–Crippen LogP) is 3.25. The van der Waals surface area contributed by atoms with Gasteiger partial charge in [0.2, 0.25) is 5.91 Å². The third-order valence-electron chi connectivity index (χ3n) is 3.67. The van der Waals surface area contributed by atoms with E-state index in [-0.39, 0.29) is 5.92 Å². The average Bonchev–Trinajstić information content (AvgIpc) is 2.35. The summed E-state index contributed by atoms with van der Waals surface area (Å²) in [5.74, 6) is 1.22. The lowest BCUT2D eigenvalue weighted by Crippen LogP contribution is -2.34. The molecule has 114 valence electrons. The molecule has 0 aliphatic heterocycles. The quantitative estimate of drug-likeness (QED) is 0.569. The molecule has 0 rings (SSSR count). The van der Waals surface area contributed by atoms with E-state index in [0.29, 0.717) is 11.8 Å². The first-order valence-electron chi connectivity index (χ1n) is 7.78. The van der Waals surface area contributed by atoms with Gasteiger partial charge in [0.1, 0.15) is 0 Å². The number of unbranched alkanes of at least 4 members (excludes halogenated alkanes) is 1. The first-order chi connectivity index (χ1) is 8.88. The molecule has 0 saturated carbocycles. The SMILES string of the molecule is CCC(CCCCN(C)C)C(=O)N(C)CCC(C)C. The Morgan fingerprint density at radius 3 is 2.11 bits per heavy atom. The molecule has 0 fully saturated rings.